The van der Waals surface area contributed by atoms with Gasteiger partial charge in [-0.05, 0) is 43.2 Å². The van der Waals surface area contributed by atoms with Crippen molar-refractivity contribution in [3.63, 3.8) is 0 Å². The van der Waals surface area contributed by atoms with Crippen LogP contribution in [0.2, 0.25) is 0 Å². The zero-order chi connectivity index (χ0) is 16.9. The van der Waals surface area contributed by atoms with E-state index >= 15 is 0 Å². The second-order valence-corrected chi connectivity index (χ2v) is 6.70. The Labute approximate surface area is 149 Å². The third-order valence-corrected chi connectivity index (χ3v) is 4.62. The lowest BCUT2D eigenvalue weighted by Gasteiger charge is -2.32. The Kier molecular flexibility index (Phi) is 5.25. The summed E-state index contributed by atoms with van der Waals surface area (Å²) in [6.45, 7) is 1.29. The van der Waals surface area contributed by atoms with Crippen molar-refractivity contribution in [2.45, 2.75) is 18.9 Å². The maximum absolute atomic E-state index is 12.4. The van der Waals surface area contributed by atoms with Gasteiger partial charge in [-0.2, -0.15) is 0 Å². The number of aromatic nitrogens is 1. The zero-order valence-electron chi connectivity index (χ0n) is 13.1. The van der Waals surface area contributed by atoms with Gasteiger partial charge >= 0.3 is 0 Å². The molecule has 2 heterocycles. The molecular weight excluding hydrogens is 370 g/mol. The van der Waals surface area contributed by atoms with Gasteiger partial charge in [-0.15, -0.1) is 0 Å². The molecule has 1 aliphatic heterocycles. The van der Waals surface area contributed by atoms with E-state index in [9.17, 15) is 9.59 Å². The van der Waals surface area contributed by atoms with Crippen molar-refractivity contribution in [1.29, 1.82) is 0 Å². The monoisotopic (exact) mass is 387 g/mol. The molecule has 3 rings (SSSR count). The summed E-state index contributed by atoms with van der Waals surface area (Å²) < 4.78 is 0.882. The van der Waals surface area contributed by atoms with Crippen molar-refractivity contribution in [2.24, 2.45) is 0 Å². The minimum absolute atomic E-state index is 0.0224. The molecule has 0 saturated carbocycles. The van der Waals surface area contributed by atoms with E-state index in [-0.39, 0.29) is 17.9 Å². The number of hydrogen-bond donors (Lipinski definition) is 1. The molecule has 1 fully saturated rings. The first kappa shape index (κ1) is 16.6. The van der Waals surface area contributed by atoms with E-state index in [0.717, 1.165) is 17.3 Å². The average Bonchev–Trinajstić information content (AvgIpc) is 2.62. The highest BCUT2D eigenvalue weighted by atomic mass is 79.9. The van der Waals surface area contributed by atoms with Crippen LogP contribution in [0.15, 0.2) is 53.3 Å². The Hall–Kier alpha value is -2.21. The van der Waals surface area contributed by atoms with E-state index in [1.165, 1.54) is 0 Å². The van der Waals surface area contributed by atoms with Crippen LogP contribution in [0.25, 0.3) is 0 Å². The molecule has 1 saturated heterocycles. The van der Waals surface area contributed by atoms with Crippen LogP contribution in [0.3, 0.4) is 0 Å². The largest absolute Gasteiger partial charge is 0.349 e. The fourth-order valence-corrected chi connectivity index (χ4v) is 3.20. The van der Waals surface area contributed by atoms with E-state index in [1.807, 2.05) is 17.0 Å². The van der Waals surface area contributed by atoms with Crippen LogP contribution in [0.4, 0.5) is 0 Å². The molecule has 24 heavy (non-hydrogen) atoms. The number of nitrogens with zero attached hydrogens (tertiary/aromatic N) is 2. The number of halogens is 1. The number of benzene rings is 1. The highest BCUT2D eigenvalue weighted by Gasteiger charge is 2.24. The highest BCUT2D eigenvalue weighted by molar-refractivity contribution is 9.10. The van der Waals surface area contributed by atoms with E-state index < -0.39 is 0 Å². The molecule has 1 aliphatic rings. The minimum atomic E-state index is -0.0739. The van der Waals surface area contributed by atoms with Gasteiger partial charge in [0.2, 0.25) is 0 Å². The summed E-state index contributed by atoms with van der Waals surface area (Å²) in [5, 5.41) is 3.05. The molecule has 0 spiro atoms. The molecule has 6 heteroatoms. The van der Waals surface area contributed by atoms with Gasteiger partial charge in [0.1, 0.15) is 0 Å². The van der Waals surface area contributed by atoms with Crippen molar-refractivity contribution in [3.05, 3.63) is 64.4 Å². The van der Waals surface area contributed by atoms with Crippen LogP contribution in [-0.2, 0) is 0 Å². The predicted molar refractivity (Wildman–Crippen MR) is 94.8 cm³/mol. The predicted octanol–water partition coefficient (Wildman–Crippen LogP) is 2.88. The number of piperidine rings is 1. The second-order valence-electron chi connectivity index (χ2n) is 5.79. The van der Waals surface area contributed by atoms with E-state index in [2.05, 4.69) is 26.2 Å². The van der Waals surface area contributed by atoms with Gasteiger partial charge < -0.3 is 10.2 Å². The van der Waals surface area contributed by atoms with Crippen LogP contribution < -0.4 is 5.32 Å². The molecule has 0 radical (unpaired) electrons. The standard InChI is InChI=1S/C18H18BrN3O2/c19-15-3-1-2-14(12-15)17(23)21-16-6-10-22(11-7-16)18(24)13-4-8-20-9-5-13/h1-5,8-9,12,16H,6-7,10-11H2,(H,21,23). The number of hydrogen-bond acceptors (Lipinski definition) is 3. The molecule has 0 atom stereocenters. The smallest absolute Gasteiger partial charge is 0.253 e. The van der Waals surface area contributed by atoms with Crippen molar-refractivity contribution in [2.75, 3.05) is 13.1 Å². The van der Waals surface area contributed by atoms with Gasteiger partial charge in [-0.25, -0.2) is 0 Å². The topological polar surface area (TPSA) is 62.3 Å². The van der Waals surface area contributed by atoms with Gasteiger partial charge in [0, 0.05) is 47.1 Å². The van der Waals surface area contributed by atoms with Gasteiger partial charge in [0.15, 0.2) is 0 Å². The Morgan fingerprint density at radius 2 is 1.79 bits per heavy atom. The summed E-state index contributed by atoms with van der Waals surface area (Å²) >= 11 is 3.37. The average molecular weight is 388 g/mol. The summed E-state index contributed by atoms with van der Waals surface area (Å²) in [5.74, 6) is -0.0515. The fraction of sp³-hybridized carbons (Fsp3) is 0.278. The molecule has 0 unspecified atom stereocenters. The maximum Gasteiger partial charge on any atom is 0.253 e. The van der Waals surface area contributed by atoms with Crippen molar-refractivity contribution in [1.82, 2.24) is 15.2 Å². The minimum Gasteiger partial charge on any atom is -0.349 e. The van der Waals surface area contributed by atoms with Gasteiger partial charge in [-0.3, -0.25) is 14.6 Å². The highest BCUT2D eigenvalue weighted by Crippen LogP contribution is 2.16. The molecule has 0 bridgehead atoms. The van der Waals surface area contributed by atoms with E-state index in [1.54, 1.807) is 36.7 Å². The molecular formula is C18H18BrN3O2. The summed E-state index contributed by atoms with van der Waals surface area (Å²) in [6.07, 6.45) is 4.77. The van der Waals surface area contributed by atoms with Crippen LogP contribution in [0.5, 0.6) is 0 Å². The molecule has 5 nitrogen and oxygen atoms in total. The van der Waals surface area contributed by atoms with Crippen LogP contribution in [0, 0.1) is 0 Å². The molecule has 124 valence electrons. The van der Waals surface area contributed by atoms with Crippen LogP contribution in [0.1, 0.15) is 33.6 Å². The Morgan fingerprint density at radius 1 is 1.08 bits per heavy atom. The van der Waals surface area contributed by atoms with Crippen molar-refractivity contribution < 1.29 is 9.59 Å². The Morgan fingerprint density at radius 3 is 2.46 bits per heavy atom. The SMILES string of the molecule is O=C(NC1CCN(C(=O)c2ccncc2)CC1)c1cccc(Br)c1. The first-order chi connectivity index (χ1) is 11.6. The Bertz CT molecular complexity index is 728. The maximum atomic E-state index is 12.4. The lowest BCUT2D eigenvalue weighted by atomic mass is 10.0. The quantitative estimate of drug-likeness (QED) is 0.880. The molecule has 1 N–H and O–H groups in total. The summed E-state index contributed by atoms with van der Waals surface area (Å²) in [5.41, 5.74) is 1.29. The zero-order valence-corrected chi connectivity index (χ0v) is 14.7. The van der Waals surface area contributed by atoms with Gasteiger partial charge in [-0.1, -0.05) is 22.0 Å². The summed E-state index contributed by atoms with van der Waals surface area (Å²) in [7, 11) is 0. The number of pyridine rings is 1. The van der Waals surface area contributed by atoms with E-state index in [4.69, 9.17) is 0 Å². The van der Waals surface area contributed by atoms with Crippen LogP contribution >= 0.6 is 15.9 Å². The number of likely N-dealkylation sites (tertiary alicyclic amines) is 1. The fourth-order valence-electron chi connectivity index (χ4n) is 2.80. The third kappa shape index (κ3) is 4.00. The number of carbonyl (C=O) groups excluding carboxylic acids is 2. The molecule has 2 aromatic rings. The number of nitrogens with one attached hydrogen (secondary N) is 1. The number of amides is 2. The van der Waals surface area contributed by atoms with Gasteiger partial charge in [0.05, 0.1) is 0 Å². The first-order valence-electron chi connectivity index (χ1n) is 7.89. The number of rotatable bonds is 3. The molecule has 1 aromatic carbocycles. The lowest BCUT2D eigenvalue weighted by molar-refractivity contribution is 0.0698. The second kappa shape index (κ2) is 7.57. The third-order valence-electron chi connectivity index (χ3n) is 4.13. The lowest BCUT2D eigenvalue weighted by Crippen LogP contribution is -2.46. The van der Waals surface area contributed by atoms with Gasteiger partial charge in [0.25, 0.3) is 11.8 Å². The van der Waals surface area contributed by atoms with E-state index in [0.29, 0.717) is 24.2 Å². The number of carbonyl (C=O) groups is 2. The van der Waals surface area contributed by atoms with Crippen LogP contribution in [-0.4, -0.2) is 40.8 Å². The van der Waals surface area contributed by atoms with Crippen molar-refractivity contribution >= 4 is 27.7 Å². The molecule has 1 aromatic heterocycles. The normalized spacial score (nSPS) is 15.1. The molecule has 0 aliphatic carbocycles. The first-order valence-corrected chi connectivity index (χ1v) is 8.68. The summed E-state index contributed by atoms with van der Waals surface area (Å²) in [6, 6.07) is 10.9. The van der Waals surface area contributed by atoms with Crippen molar-refractivity contribution in [3.8, 4) is 0 Å². The summed E-state index contributed by atoms with van der Waals surface area (Å²) in [4.78, 5) is 30.4. The molecule has 2 amide bonds. The Balaban J connectivity index is 1.54.